The van der Waals surface area contributed by atoms with Crippen LogP contribution in [0.2, 0.25) is 0 Å². The van der Waals surface area contributed by atoms with Crippen LogP contribution in [-0.2, 0) is 65.4 Å². The zero-order chi connectivity index (χ0) is 74.6. The van der Waals surface area contributed by atoms with Gasteiger partial charge < -0.3 is 33.8 Å². The summed E-state index contributed by atoms with van der Waals surface area (Å²) in [6.07, 6.45) is 86.8. The molecule has 0 aliphatic heterocycles. The Hall–Kier alpha value is -5.58. The van der Waals surface area contributed by atoms with Gasteiger partial charge in [0.1, 0.15) is 19.3 Å². The standard InChI is InChI=1S/C83H134O17P2/c1-5-9-13-17-21-25-29-33-37-38-42-44-48-52-56-60-64-68-81(86)94-74-79(100-83(88)70-66-62-58-54-50-46-41-36-32-28-24-20-16-12-8-4)76-98-102(91,92)96-72-77(84)71-95-101(89,90)97-75-78(99-82(87)69-65-61-57-53-49-45-40-35-31-27-23-19-15-11-7-3)73-93-80(85)67-63-59-55-51-47-43-39-34-30-26-22-18-14-10-6-2/h9-10,12-14,16,21-22,24-26,28,33-34,36-37,39,41-42,44,47,50-52,54,56,62,66,77-79,84H,5-8,11,15,17-20,23,27,29-32,35,38,40,43,45-46,48-49,53,55,57-61,63-65,67-76H2,1-4H3,(H,89,90)(H,91,92)/b13-9-,14-10-,16-12-,25-21-,26-22-,28-24-,37-33-,39-34-,41-36-,44-42-,51-47-,54-50-,56-52-,66-62-. The minimum atomic E-state index is -5.02. The maximum Gasteiger partial charge on any atom is 0.472 e. The summed E-state index contributed by atoms with van der Waals surface area (Å²) in [5.41, 5.74) is 0. The lowest BCUT2D eigenvalue weighted by atomic mass is 10.0. The third-order valence-corrected chi connectivity index (χ3v) is 17.1. The molecule has 0 bridgehead atoms. The predicted molar refractivity (Wildman–Crippen MR) is 417 cm³/mol. The smallest absolute Gasteiger partial charge is 0.462 e. The van der Waals surface area contributed by atoms with Crippen LogP contribution >= 0.6 is 15.6 Å². The number of aliphatic hydroxyl groups is 1. The van der Waals surface area contributed by atoms with Gasteiger partial charge in [0, 0.05) is 19.3 Å². The first kappa shape index (κ1) is 96.4. The fourth-order valence-corrected chi connectivity index (χ4v) is 11.1. The van der Waals surface area contributed by atoms with Crippen molar-refractivity contribution in [1.82, 2.24) is 0 Å². The Labute approximate surface area is 616 Å². The normalized spacial score (nSPS) is 14.9. The third kappa shape index (κ3) is 72.8. The molecule has 0 aromatic heterocycles. The lowest BCUT2D eigenvalue weighted by Crippen LogP contribution is -2.30. The fraction of sp³-hybridized carbons (Fsp3) is 0.614. The van der Waals surface area contributed by atoms with Gasteiger partial charge in [-0.1, -0.05) is 288 Å². The fourth-order valence-electron chi connectivity index (χ4n) is 9.50. The summed E-state index contributed by atoms with van der Waals surface area (Å²) >= 11 is 0. The summed E-state index contributed by atoms with van der Waals surface area (Å²) in [6.45, 7) is 4.28. The number of phosphoric acid groups is 2. The van der Waals surface area contributed by atoms with Crippen molar-refractivity contribution in [1.29, 1.82) is 0 Å². The third-order valence-electron chi connectivity index (χ3n) is 15.2. The lowest BCUT2D eigenvalue weighted by molar-refractivity contribution is -0.161. The SMILES string of the molecule is CC/C=C\C/C=C\C/C=C\C/C=C\C/C=C\CCCC(=O)OCC(COP(=O)(O)OCC(O)COP(=O)(O)OCC(COC(=O)CCCC/C=C\C/C=C\C/C=C\C/C=C\CC)OC(=O)CCCCCCCCCCCCCCCCC)OC(=O)C/C=C\C/C=C\C/C=C\C/C=C\C/C=C\CC. The number of aliphatic hydroxyl groups excluding tert-OH is 1. The van der Waals surface area contributed by atoms with Gasteiger partial charge in [-0.25, -0.2) is 9.13 Å². The minimum absolute atomic E-state index is 0.0568. The van der Waals surface area contributed by atoms with Crippen LogP contribution in [-0.4, -0.2) is 96.7 Å². The molecule has 0 aromatic rings. The highest BCUT2D eigenvalue weighted by Crippen LogP contribution is 2.45. The highest BCUT2D eigenvalue weighted by Gasteiger charge is 2.30. The molecule has 5 atom stereocenters. The Morgan fingerprint density at radius 3 is 0.912 bits per heavy atom. The zero-order valence-corrected chi connectivity index (χ0v) is 64.8. The summed E-state index contributed by atoms with van der Waals surface area (Å²) in [4.78, 5) is 72.8. The van der Waals surface area contributed by atoms with E-state index in [0.29, 0.717) is 32.1 Å². The van der Waals surface area contributed by atoms with Crippen LogP contribution in [0.5, 0.6) is 0 Å². The molecule has 19 heteroatoms. The number of carbonyl (C=O) groups is 4. The van der Waals surface area contributed by atoms with Crippen LogP contribution in [0.25, 0.3) is 0 Å². The van der Waals surface area contributed by atoms with Gasteiger partial charge in [0.25, 0.3) is 0 Å². The van der Waals surface area contributed by atoms with Crippen molar-refractivity contribution in [3.05, 3.63) is 170 Å². The summed E-state index contributed by atoms with van der Waals surface area (Å²) in [5, 5.41) is 10.6. The molecular weight excluding hydrogens is 1330 g/mol. The molecule has 0 aliphatic rings. The van der Waals surface area contributed by atoms with Gasteiger partial charge in [0.2, 0.25) is 0 Å². The molecule has 3 N–H and O–H groups in total. The molecule has 102 heavy (non-hydrogen) atoms. The highest BCUT2D eigenvalue weighted by molar-refractivity contribution is 7.47. The average Bonchev–Trinajstić information content (AvgIpc) is 0.923. The van der Waals surface area contributed by atoms with Crippen LogP contribution in [0.3, 0.4) is 0 Å². The monoisotopic (exact) mass is 1460 g/mol. The molecule has 0 saturated carbocycles. The van der Waals surface area contributed by atoms with Crippen molar-refractivity contribution < 1.29 is 80.2 Å². The van der Waals surface area contributed by atoms with Gasteiger partial charge in [0.15, 0.2) is 12.2 Å². The summed E-state index contributed by atoms with van der Waals surface area (Å²) in [5.74, 6) is -2.45. The van der Waals surface area contributed by atoms with Crippen LogP contribution in [0.1, 0.15) is 272 Å². The van der Waals surface area contributed by atoms with Gasteiger partial charge >= 0.3 is 39.5 Å². The first-order chi connectivity index (χ1) is 49.7. The highest BCUT2D eigenvalue weighted by atomic mass is 31.2. The van der Waals surface area contributed by atoms with Crippen molar-refractivity contribution in [3.63, 3.8) is 0 Å². The number of esters is 4. The summed E-state index contributed by atoms with van der Waals surface area (Å²) < 4.78 is 68.3. The second kappa shape index (κ2) is 73.7. The first-order valence-corrected chi connectivity index (χ1v) is 41.4. The second-order valence-electron chi connectivity index (χ2n) is 24.8. The van der Waals surface area contributed by atoms with E-state index in [4.69, 9.17) is 37.0 Å². The van der Waals surface area contributed by atoms with Crippen molar-refractivity contribution in [2.24, 2.45) is 0 Å². The quantitative estimate of drug-likeness (QED) is 0.0169. The minimum Gasteiger partial charge on any atom is -0.462 e. The van der Waals surface area contributed by atoms with E-state index in [9.17, 15) is 43.2 Å². The molecule has 0 rings (SSSR count). The van der Waals surface area contributed by atoms with E-state index in [1.54, 1.807) is 12.2 Å². The summed E-state index contributed by atoms with van der Waals surface area (Å²) in [7, 11) is -10.0. The van der Waals surface area contributed by atoms with Crippen molar-refractivity contribution in [2.45, 2.75) is 290 Å². The molecule has 0 aliphatic carbocycles. The van der Waals surface area contributed by atoms with E-state index in [2.05, 4.69) is 161 Å². The molecule has 0 saturated heterocycles. The number of unbranched alkanes of at least 4 members (excludes halogenated alkanes) is 17. The number of ether oxygens (including phenoxy) is 4. The molecule has 0 aromatic carbocycles. The Bertz CT molecular complexity index is 2600. The predicted octanol–water partition coefficient (Wildman–Crippen LogP) is 22.2. The largest absolute Gasteiger partial charge is 0.472 e. The molecule has 578 valence electrons. The van der Waals surface area contributed by atoms with Gasteiger partial charge in [-0.3, -0.25) is 37.3 Å². The maximum atomic E-state index is 13.1. The van der Waals surface area contributed by atoms with Gasteiger partial charge in [-0.15, -0.1) is 0 Å². The lowest BCUT2D eigenvalue weighted by Gasteiger charge is -2.21. The molecule has 0 fully saturated rings. The molecule has 17 nitrogen and oxygen atoms in total. The van der Waals surface area contributed by atoms with Crippen LogP contribution < -0.4 is 0 Å². The molecule has 0 radical (unpaired) electrons. The number of hydrogen-bond acceptors (Lipinski definition) is 15. The Balaban J connectivity index is 5.52. The maximum absolute atomic E-state index is 13.1. The van der Waals surface area contributed by atoms with Crippen molar-refractivity contribution in [3.8, 4) is 0 Å². The van der Waals surface area contributed by atoms with Gasteiger partial charge in [0.05, 0.1) is 32.8 Å². The van der Waals surface area contributed by atoms with Crippen molar-refractivity contribution >= 4 is 39.5 Å². The number of phosphoric ester groups is 2. The molecule has 0 heterocycles. The average molecular weight is 1470 g/mol. The number of allylic oxidation sites excluding steroid dienone is 27. The van der Waals surface area contributed by atoms with Crippen LogP contribution in [0.15, 0.2) is 170 Å². The number of hydrogen-bond donors (Lipinski definition) is 3. The van der Waals surface area contributed by atoms with E-state index in [1.165, 1.54) is 64.2 Å². The van der Waals surface area contributed by atoms with Gasteiger partial charge in [-0.2, -0.15) is 0 Å². The van der Waals surface area contributed by atoms with E-state index in [0.717, 1.165) is 122 Å². The van der Waals surface area contributed by atoms with E-state index in [1.807, 2.05) is 24.3 Å². The Kier molecular flexibility index (Phi) is 69.7. The number of carbonyl (C=O) groups excluding carboxylic acids is 4. The molecule has 0 amide bonds. The number of rotatable bonds is 70. The Morgan fingerprint density at radius 2 is 0.559 bits per heavy atom. The van der Waals surface area contributed by atoms with Gasteiger partial charge in [-0.05, 0) is 128 Å². The van der Waals surface area contributed by atoms with E-state index >= 15 is 0 Å². The zero-order valence-electron chi connectivity index (χ0n) is 63.0. The van der Waals surface area contributed by atoms with E-state index in [-0.39, 0.29) is 25.7 Å². The topological polar surface area (TPSA) is 237 Å². The van der Waals surface area contributed by atoms with E-state index < -0.39 is 97.5 Å². The summed E-state index contributed by atoms with van der Waals surface area (Å²) in [6, 6.07) is 0. The second-order valence-corrected chi connectivity index (χ2v) is 27.7. The Morgan fingerprint density at radius 1 is 0.294 bits per heavy atom. The molecule has 0 spiro atoms. The van der Waals surface area contributed by atoms with Crippen LogP contribution in [0.4, 0.5) is 0 Å². The molecule has 5 unspecified atom stereocenters. The van der Waals surface area contributed by atoms with Crippen LogP contribution in [0, 0.1) is 0 Å². The first-order valence-electron chi connectivity index (χ1n) is 38.4. The van der Waals surface area contributed by atoms with Crippen molar-refractivity contribution in [2.75, 3.05) is 39.6 Å². The molecular formula is C83H134O17P2.